The highest BCUT2D eigenvalue weighted by molar-refractivity contribution is 5.93. The molecule has 0 spiro atoms. The normalized spacial score (nSPS) is 10.6. The maximum Gasteiger partial charge on any atom is 0.204 e. The fourth-order valence-electron chi connectivity index (χ4n) is 3.22. The lowest BCUT2D eigenvalue weighted by Gasteiger charge is -2.17. The maximum atomic E-state index is 13.0. The minimum Gasteiger partial charge on any atom is -0.493 e. The van der Waals surface area contributed by atoms with E-state index in [2.05, 4.69) is 0 Å². The molecule has 0 aliphatic carbocycles. The van der Waals surface area contributed by atoms with Crippen LogP contribution in [0.25, 0.3) is 22.3 Å². The van der Waals surface area contributed by atoms with Crippen molar-refractivity contribution in [3.63, 3.8) is 0 Å². The average Bonchev–Trinajstić information content (AvgIpc) is 2.72. The van der Waals surface area contributed by atoms with Gasteiger partial charge in [0.05, 0.1) is 35.5 Å². The van der Waals surface area contributed by atoms with Crippen molar-refractivity contribution < 1.29 is 28.1 Å². The second-order valence-corrected chi connectivity index (χ2v) is 5.97. The van der Waals surface area contributed by atoms with Crippen molar-refractivity contribution in [1.29, 1.82) is 0 Å². The molecule has 148 valence electrons. The molecule has 0 aliphatic heterocycles. The number of aryl methyl sites for hydroxylation is 1. The molecule has 1 heterocycles. The van der Waals surface area contributed by atoms with Crippen molar-refractivity contribution in [2.24, 2.45) is 0 Å². The molecule has 3 rings (SSSR count). The summed E-state index contributed by atoms with van der Waals surface area (Å²) in [6.45, 7) is 1.80. The standard InChI is InChI=1S/C21H22O7/c1-11-18-17(20(26-5)21(27-6)19(11)25-4)13(22)10-15(28-18)12-7-8-14(23-2)16(9-12)24-3/h7-10H,1-6H3. The van der Waals surface area contributed by atoms with E-state index in [1.807, 2.05) is 0 Å². The Balaban J connectivity index is 2.35. The van der Waals surface area contributed by atoms with Crippen molar-refractivity contribution in [1.82, 2.24) is 0 Å². The Labute approximate surface area is 162 Å². The van der Waals surface area contributed by atoms with Crippen LogP contribution in [0.15, 0.2) is 33.5 Å². The average molecular weight is 386 g/mol. The van der Waals surface area contributed by atoms with E-state index < -0.39 is 0 Å². The van der Waals surface area contributed by atoms with Gasteiger partial charge in [-0.1, -0.05) is 0 Å². The molecular formula is C21H22O7. The summed E-state index contributed by atoms with van der Waals surface area (Å²) in [7, 11) is 7.58. The molecule has 7 nitrogen and oxygen atoms in total. The van der Waals surface area contributed by atoms with Gasteiger partial charge in [0, 0.05) is 17.2 Å². The topological polar surface area (TPSA) is 76.4 Å². The van der Waals surface area contributed by atoms with Gasteiger partial charge in [-0.05, 0) is 25.1 Å². The van der Waals surface area contributed by atoms with E-state index in [1.54, 1.807) is 39.3 Å². The molecule has 0 radical (unpaired) electrons. The Morgan fingerprint density at radius 3 is 1.96 bits per heavy atom. The number of rotatable bonds is 6. The van der Waals surface area contributed by atoms with Crippen LogP contribution >= 0.6 is 0 Å². The fourth-order valence-corrected chi connectivity index (χ4v) is 3.22. The highest BCUT2D eigenvalue weighted by atomic mass is 16.5. The van der Waals surface area contributed by atoms with Gasteiger partial charge in [-0.25, -0.2) is 0 Å². The summed E-state index contributed by atoms with van der Waals surface area (Å²) in [5.74, 6) is 2.56. The van der Waals surface area contributed by atoms with E-state index in [0.717, 1.165) is 0 Å². The van der Waals surface area contributed by atoms with Gasteiger partial charge in [-0.15, -0.1) is 0 Å². The molecule has 28 heavy (non-hydrogen) atoms. The summed E-state index contributed by atoms with van der Waals surface area (Å²) >= 11 is 0. The summed E-state index contributed by atoms with van der Waals surface area (Å²) in [6.07, 6.45) is 0. The van der Waals surface area contributed by atoms with Crippen LogP contribution in [0.2, 0.25) is 0 Å². The SMILES string of the molecule is COc1ccc(-c2cc(=O)c3c(OC)c(OC)c(OC)c(C)c3o2)cc1OC. The first-order chi connectivity index (χ1) is 13.5. The molecule has 2 aromatic carbocycles. The van der Waals surface area contributed by atoms with Crippen LogP contribution in [-0.2, 0) is 0 Å². The van der Waals surface area contributed by atoms with Gasteiger partial charge in [-0.3, -0.25) is 4.79 Å². The maximum absolute atomic E-state index is 13.0. The van der Waals surface area contributed by atoms with Gasteiger partial charge in [0.1, 0.15) is 16.7 Å². The molecule has 7 heteroatoms. The highest BCUT2D eigenvalue weighted by Gasteiger charge is 2.24. The van der Waals surface area contributed by atoms with Crippen LogP contribution in [-0.4, -0.2) is 35.5 Å². The third-order valence-electron chi connectivity index (χ3n) is 4.55. The van der Waals surface area contributed by atoms with Crippen molar-refractivity contribution in [2.45, 2.75) is 6.92 Å². The zero-order valence-corrected chi connectivity index (χ0v) is 16.7. The van der Waals surface area contributed by atoms with Gasteiger partial charge >= 0.3 is 0 Å². The molecule has 0 aliphatic rings. The van der Waals surface area contributed by atoms with Crippen molar-refractivity contribution in [3.8, 4) is 40.1 Å². The molecule has 0 atom stereocenters. The highest BCUT2D eigenvalue weighted by Crippen LogP contribution is 2.46. The van der Waals surface area contributed by atoms with Crippen LogP contribution in [0.3, 0.4) is 0 Å². The van der Waals surface area contributed by atoms with E-state index in [0.29, 0.717) is 50.9 Å². The van der Waals surface area contributed by atoms with E-state index in [9.17, 15) is 4.79 Å². The second-order valence-electron chi connectivity index (χ2n) is 5.97. The molecule has 0 N–H and O–H groups in total. The predicted molar refractivity (Wildman–Crippen MR) is 105 cm³/mol. The largest absolute Gasteiger partial charge is 0.493 e. The lowest BCUT2D eigenvalue weighted by atomic mass is 10.1. The summed E-state index contributed by atoms with van der Waals surface area (Å²) in [5.41, 5.74) is 1.41. The zero-order chi connectivity index (χ0) is 20.4. The lowest BCUT2D eigenvalue weighted by Crippen LogP contribution is -2.07. The van der Waals surface area contributed by atoms with Crippen LogP contribution in [0, 0.1) is 6.92 Å². The quantitative estimate of drug-likeness (QED) is 0.637. The van der Waals surface area contributed by atoms with Gasteiger partial charge in [-0.2, -0.15) is 0 Å². The molecule has 0 saturated carbocycles. The summed E-state index contributed by atoms with van der Waals surface area (Å²) < 4.78 is 33.0. The molecule has 0 saturated heterocycles. The first-order valence-electron chi connectivity index (χ1n) is 8.49. The minimum absolute atomic E-state index is 0.257. The van der Waals surface area contributed by atoms with E-state index in [1.165, 1.54) is 27.4 Å². The Morgan fingerprint density at radius 1 is 0.750 bits per heavy atom. The second kappa shape index (κ2) is 7.72. The number of methoxy groups -OCH3 is 5. The zero-order valence-electron chi connectivity index (χ0n) is 16.7. The van der Waals surface area contributed by atoms with Gasteiger partial charge < -0.3 is 28.1 Å². The Kier molecular flexibility index (Phi) is 5.35. The summed E-state index contributed by atoms with van der Waals surface area (Å²) in [4.78, 5) is 13.0. The molecule has 1 aromatic heterocycles. The number of hydrogen-bond acceptors (Lipinski definition) is 7. The third kappa shape index (κ3) is 2.98. The molecule has 3 aromatic rings. The van der Waals surface area contributed by atoms with Crippen LogP contribution in [0.5, 0.6) is 28.7 Å². The van der Waals surface area contributed by atoms with Crippen molar-refractivity contribution in [3.05, 3.63) is 40.1 Å². The first kappa shape index (κ1) is 19.4. The Hall–Kier alpha value is -3.35. The van der Waals surface area contributed by atoms with Gasteiger partial charge in [0.15, 0.2) is 28.4 Å². The summed E-state index contributed by atoms with van der Waals surface area (Å²) in [6, 6.07) is 6.70. The van der Waals surface area contributed by atoms with E-state index in [-0.39, 0.29) is 11.2 Å². The smallest absolute Gasteiger partial charge is 0.204 e. The van der Waals surface area contributed by atoms with Gasteiger partial charge in [0.25, 0.3) is 0 Å². The Morgan fingerprint density at radius 2 is 1.39 bits per heavy atom. The van der Waals surface area contributed by atoms with Crippen LogP contribution < -0.4 is 29.1 Å². The molecule has 0 fully saturated rings. The van der Waals surface area contributed by atoms with Crippen molar-refractivity contribution >= 4 is 11.0 Å². The lowest BCUT2D eigenvalue weighted by molar-refractivity contribution is 0.325. The number of fused-ring (bicyclic) bond motifs is 1. The monoisotopic (exact) mass is 386 g/mol. The van der Waals surface area contributed by atoms with E-state index >= 15 is 0 Å². The minimum atomic E-state index is -0.257. The van der Waals surface area contributed by atoms with Crippen LogP contribution in [0.4, 0.5) is 0 Å². The van der Waals surface area contributed by atoms with E-state index in [4.69, 9.17) is 28.1 Å². The molecule has 0 bridgehead atoms. The molecule has 0 amide bonds. The van der Waals surface area contributed by atoms with Crippen molar-refractivity contribution in [2.75, 3.05) is 35.5 Å². The van der Waals surface area contributed by atoms with Gasteiger partial charge in [0.2, 0.25) is 5.75 Å². The summed E-state index contributed by atoms with van der Waals surface area (Å²) in [5, 5.41) is 0.293. The number of benzene rings is 2. The number of hydrogen-bond donors (Lipinski definition) is 0. The molecular weight excluding hydrogens is 364 g/mol. The molecule has 0 unspecified atom stereocenters. The fraction of sp³-hybridized carbons (Fsp3) is 0.286. The third-order valence-corrected chi connectivity index (χ3v) is 4.55. The predicted octanol–water partition coefficient (Wildman–Crippen LogP) is 3.81. The number of ether oxygens (including phenoxy) is 5. The Bertz CT molecular complexity index is 1080. The first-order valence-corrected chi connectivity index (χ1v) is 8.49. The van der Waals surface area contributed by atoms with Crippen LogP contribution in [0.1, 0.15) is 5.56 Å².